The monoisotopic (exact) mass is 264 g/mol. The third kappa shape index (κ3) is 3.60. The van der Waals surface area contributed by atoms with E-state index in [1.165, 1.54) is 0 Å². The molecule has 0 saturated carbocycles. The van der Waals surface area contributed by atoms with Gasteiger partial charge in [-0.15, -0.1) is 0 Å². The van der Waals surface area contributed by atoms with Crippen LogP contribution in [0.5, 0.6) is 0 Å². The van der Waals surface area contributed by atoms with Gasteiger partial charge in [-0.3, -0.25) is 4.79 Å². The van der Waals surface area contributed by atoms with Gasteiger partial charge in [0.15, 0.2) is 0 Å². The number of amides is 1. The first kappa shape index (κ1) is 14.1. The topological polar surface area (TPSA) is 54.3 Å². The van der Waals surface area contributed by atoms with Crippen LogP contribution in [0, 0.1) is 12.8 Å². The molecule has 0 aliphatic carbocycles. The summed E-state index contributed by atoms with van der Waals surface area (Å²) < 4.78 is 5.66. The van der Waals surface area contributed by atoms with Crippen LogP contribution < -0.4 is 10.6 Å². The fraction of sp³-hybridized carbons (Fsp3) is 0.667. The molecule has 1 aliphatic heterocycles. The molecular weight excluding hydrogens is 240 g/mol. The van der Waals surface area contributed by atoms with E-state index in [-0.39, 0.29) is 17.2 Å². The Morgan fingerprint density at radius 2 is 2.32 bits per heavy atom. The lowest BCUT2D eigenvalue weighted by molar-refractivity contribution is -0.125. The maximum atomic E-state index is 12.1. The molecule has 1 aromatic heterocycles. The number of hydrogen-bond acceptors (Lipinski definition) is 3. The van der Waals surface area contributed by atoms with E-state index in [1.54, 1.807) is 0 Å². The van der Waals surface area contributed by atoms with E-state index < -0.39 is 0 Å². The molecule has 0 bridgehead atoms. The Kier molecular flexibility index (Phi) is 4.30. The summed E-state index contributed by atoms with van der Waals surface area (Å²) in [4.78, 5) is 12.1. The van der Waals surface area contributed by atoms with Crippen molar-refractivity contribution in [1.82, 2.24) is 10.6 Å². The second kappa shape index (κ2) is 5.78. The van der Waals surface area contributed by atoms with Crippen LogP contribution in [0.4, 0.5) is 0 Å². The lowest BCUT2D eigenvalue weighted by atomic mass is 9.89. The average molecular weight is 264 g/mol. The Labute approximate surface area is 114 Å². The van der Waals surface area contributed by atoms with Crippen LogP contribution in [0.3, 0.4) is 0 Å². The summed E-state index contributed by atoms with van der Waals surface area (Å²) >= 11 is 0. The Morgan fingerprint density at radius 3 is 2.89 bits per heavy atom. The van der Waals surface area contributed by atoms with Crippen molar-refractivity contribution < 1.29 is 9.21 Å². The zero-order valence-electron chi connectivity index (χ0n) is 12.1. The molecule has 1 saturated heterocycles. The number of rotatable bonds is 4. The zero-order chi connectivity index (χ0) is 13.9. The number of piperidine rings is 1. The van der Waals surface area contributed by atoms with Gasteiger partial charge >= 0.3 is 0 Å². The van der Waals surface area contributed by atoms with E-state index in [0.717, 1.165) is 37.5 Å². The summed E-state index contributed by atoms with van der Waals surface area (Å²) in [6.07, 6.45) is 2.07. The molecule has 106 valence electrons. The molecule has 19 heavy (non-hydrogen) atoms. The maximum Gasteiger partial charge on any atom is 0.224 e. The first-order valence-electron chi connectivity index (χ1n) is 7.04. The molecule has 1 fully saturated rings. The van der Waals surface area contributed by atoms with Crippen LogP contribution in [0.15, 0.2) is 16.5 Å². The summed E-state index contributed by atoms with van der Waals surface area (Å²) in [5.74, 6) is 2.10. The molecule has 0 aromatic carbocycles. The largest absolute Gasteiger partial charge is 0.466 e. The number of carbonyl (C=O) groups is 1. The van der Waals surface area contributed by atoms with Crippen LogP contribution in [-0.2, 0) is 10.2 Å². The van der Waals surface area contributed by atoms with Gasteiger partial charge in [0, 0.05) is 18.5 Å². The van der Waals surface area contributed by atoms with E-state index in [0.29, 0.717) is 6.54 Å². The molecule has 2 N–H and O–H groups in total. The van der Waals surface area contributed by atoms with Gasteiger partial charge in [0.25, 0.3) is 0 Å². The van der Waals surface area contributed by atoms with Crippen molar-refractivity contribution >= 4 is 5.91 Å². The number of carbonyl (C=O) groups excluding carboxylic acids is 1. The van der Waals surface area contributed by atoms with Gasteiger partial charge in [0.2, 0.25) is 5.91 Å². The molecule has 1 aliphatic rings. The third-order valence-corrected chi connectivity index (χ3v) is 3.78. The minimum atomic E-state index is -0.175. The van der Waals surface area contributed by atoms with Gasteiger partial charge in [-0.25, -0.2) is 0 Å². The number of hydrogen-bond donors (Lipinski definition) is 2. The minimum absolute atomic E-state index is 0.114. The highest BCUT2D eigenvalue weighted by atomic mass is 16.3. The maximum absolute atomic E-state index is 12.1. The SMILES string of the molecule is Cc1ccc(C(C)(C)CNC(=O)C2CCCNC2)o1. The highest BCUT2D eigenvalue weighted by Gasteiger charge is 2.27. The van der Waals surface area contributed by atoms with Crippen molar-refractivity contribution in [3.63, 3.8) is 0 Å². The van der Waals surface area contributed by atoms with Crippen LogP contribution in [0.2, 0.25) is 0 Å². The molecule has 1 atom stereocenters. The van der Waals surface area contributed by atoms with Crippen molar-refractivity contribution in [2.75, 3.05) is 19.6 Å². The van der Waals surface area contributed by atoms with Crippen LogP contribution >= 0.6 is 0 Å². The van der Waals surface area contributed by atoms with Gasteiger partial charge in [0.05, 0.1) is 5.92 Å². The molecule has 4 heteroatoms. The molecule has 1 amide bonds. The number of furan rings is 1. The van der Waals surface area contributed by atoms with Crippen LogP contribution in [-0.4, -0.2) is 25.5 Å². The molecule has 1 unspecified atom stereocenters. The molecule has 1 aromatic rings. The predicted octanol–water partition coefficient (Wildman–Crippen LogP) is 1.98. The van der Waals surface area contributed by atoms with E-state index >= 15 is 0 Å². The standard InChI is InChI=1S/C15H24N2O2/c1-11-6-7-13(19-11)15(2,3)10-17-14(18)12-5-4-8-16-9-12/h6-7,12,16H,4-5,8-10H2,1-3H3,(H,17,18). The van der Waals surface area contributed by atoms with E-state index in [1.807, 2.05) is 19.1 Å². The molecule has 0 spiro atoms. The first-order valence-corrected chi connectivity index (χ1v) is 7.04. The molecule has 2 heterocycles. The molecular formula is C15H24N2O2. The third-order valence-electron chi connectivity index (χ3n) is 3.78. The van der Waals surface area contributed by atoms with Gasteiger partial charge in [-0.2, -0.15) is 0 Å². The zero-order valence-corrected chi connectivity index (χ0v) is 12.1. The van der Waals surface area contributed by atoms with Crippen molar-refractivity contribution in [1.29, 1.82) is 0 Å². The summed E-state index contributed by atoms with van der Waals surface area (Å²) in [6.45, 7) is 8.55. The van der Waals surface area contributed by atoms with Crippen molar-refractivity contribution in [3.05, 3.63) is 23.7 Å². The fourth-order valence-corrected chi connectivity index (χ4v) is 2.41. The normalized spacial score (nSPS) is 20.3. The quantitative estimate of drug-likeness (QED) is 0.874. The van der Waals surface area contributed by atoms with E-state index in [4.69, 9.17) is 4.42 Å². The lowest BCUT2D eigenvalue weighted by Gasteiger charge is -2.26. The van der Waals surface area contributed by atoms with E-state index in [9.17, 15) is 4.79 Å². The first-order chi connectivity index (χ1) is 8.99. The summed E-state index contributed by atoms with van der Waals surface area (Å²) in [7, 11) is 0. The molecule has 0 radical (unpaired) electrons. The summed E-state index contributed by atoms with van der Waals surface area (Å²) in [5.41, 5.74) is -0.175. The summed E-state index contributed by atoms with van der Waals surface area (Å²) in [6, 6.07) is 3.95. The Morgan fingerprint density at radius 1 is 1.53 bits per heavy atom. The minimum Gasteiger partial charge on any atom is -0.466 e. The van der Waals surface area contributed by atoms with Gasteiger partial charge in [0.1, 0.15) is 11.5 Å². The Bertz CT molecular complexity index is 431. The van der Waals surface area contributed by atoms with Crippen LogP contribution in [0.25, 0.3) is 0 Å². The Hall–Kier alpha value is -1.29. The second-order valence-corrected chi connectivity index (χ2v) is 6.06. The lowest BCUT2D eigenvalue weighted by Crippen LogP contribution is -2.44. The van der Waals surface area contributed by atoms with Crippen molar-refractivity contribution in [3.8, 4) is 0 Å². The van der Waals surface area contributed by atoms with Gasteiger partial charge < -0.3 is 15.1 Å². The second-order valence-electron chi connectivity index (χ2n) is 6.06. The molecule has 4 nitrogen and oxygen atoms in total. The van der Waals surface area contributed by atoms with E-state index in [2.05, 4.69) is 24.5 Å². The van der Waals surface area contributed by atoms with Gasteiger partial charge in [-0.1, -0.05) is 13.8 Å². The highest BCUT2D eigenvalue weighted by molar-refractivity contribution is 5.79. The predicted molar refractivity (Wildman–Crippen MR) is 75.1 cm³/mol. The van der Waals surface area contributed by atoms with Crippen molar-refractivity contribution in [2.45, 2.75) is 39.0 Å². The highest BCUT2D eigenvalue weighted by Crippen LogP contribution is 2.24. The van der Waals surface area contributed by atoms with Crippen molar-refractivity contribution in [2.24, 2.45) is 5.92 Å². The number of nitrogens with one attached hydrogen (secondary N) is 2. The van der Waals surface area contributed by atoms with Gasteiger partial charge in [-0.05, 0) is 38.4 Å². The van der Waals surface area contributed by atoms with Crippen LogP contribution in [0.1, 0.15) is 38.2 Å². The Balaban J connectivity index is 1.88. The number of aryl methyl sites for hydroxylation is 1. The smallest absolute Gasteiger partial charge is 0.224 e. The summed E-state index contributed by atoms with van der Waals surface area (Å²) in [5, 5.41) is 6.33. The average Bonchev–Trinajstić information content (AvgIpc) is 2.85. The molecule has 2 rings (SSSR count). The fourth-order valence-electron chi connectivity index (χ4n) is 2.41.